The van der Waals surface area contributed by atoms with Crippen molar-refractivity contribution in [2.24, 2.45) is 0 Å². The minimum absolute atomic E-state index is 0.159. The molecule has 1 aromatic carbocycles. The van der Waals surface area contributed by atoms with Crippen molar-refractivity contribution in [3.8, 4) is 0 Å². The van der Waals surface area contributed by atoms with Gasteiger partial charge in [-0.3, -0.25) is 4.79 Å². The summed E-state index contributed by atoms with van der Waals surface area (Å²) in [5.41, 5.74) is 2.95. The molecule has 0 fully saturated rings. The van der Waals surface area contributed by atoms with Crippen molar-refractivity contribution in [2.75, 3.05) is 23.4 Å². The van der Waals surface area contributed by atoms with Crippen LogP contribution in [0.5, 0.6) is 0 Å². The summed E-state index contributed by atoms with van der Waals surface area (Å²) < 4.78 is 5.10. The molecule has 1 aliphatic rings. The predicted octanol–water partition coefficient (Wildman–Crippen LogP) is 3.54. The molecule has 0 spiro atoms. The highest BCUT2D eigenvalue weighted by atomic mass is 35.5. The molecule has 0 aliphatic carbocycles. The van der Waals surface area contributed by atoms with Crippen LogP contribution in [0.3, 0.4) is 0 Å². The monoisotopic (exact) mass is 331 g/mol. The van der Waals surface area contributed by atoms with Crippen molar-refractivity contribution in [2.45, 2.75) is 20.0 Å². The highest BCUT2D eigenvalue weighted by molar-refractivity contribution is 6.30. The second-order valence-electron chi connectivity index (χ2n) is 5.41. The summed E-state index contributed by atoms with van der Waals surface area (Å²) in [7, 11) is 0. The van der Waals surface area contributed by atoms with E-state index < -0.39 is 0 Å². The SMILES string of the molecule is CCOC(=O)CN1c2cc(C)cnc2NC1c1ccc(Cl)cc1. The highest BCUT2D eigenvalue weighted by Crippen LogP contribution is 2.40. The molecule has 1 unspecified atom stereocenters. The molecule has 6 heteroatoms. The van der Waals surface area contributed by atoms with E-state index in [-0.39, 0.29) is 18.7 Å². The van der Waals surface area contributed by atoms with Crippen LogP contribution in [0.1, 0.15) is 24.2 Å². The number of rotatable bonds is 4. The Morgan fingerprint density at radius 2 is 2.13 bits per heavy atom. The van der Waals surface area contributed by atoms with Crippen molar-refractivity contribution in [1.29, 1.82) is 0 Å². The molecule has 23 heavy (non-hydrogen) atoms. The zero-order valence-corrected chi connectivity index (χ0v) is 13.8. The van der Waals surface area contributed by atoms with Crippen molar-refractivity contribution < 1.29 is 9.53 Å². The maximum Gasteiger partial charge on any atom is 0.325 e. The summed E-state index contributed by atoms with van der Waals surface area (Å²) in [6.45, 7) is 4.30. The molecule has 5 nitrogen and oxygen atoms in total. The fraction of sp³-hybridized carbons (Fsp3) is 0.294. The number of hydrogen-bond donors (Lipinski definition) is 1. The molecule has 0 saturated carbocycles. The van der Waals surface area contributed by atoms with Gasteiger partial charge in [-0.15, -0.1) is 0 Å². The zero-order valence-electron chi connectivity index (χ0n) is 13.0. The highest BCUT2D eigenvalue weighted by Gasteiger charge is 2.32. The van der Waals surface area contributed by atoms with E-state index in [1.54, 1.807) is 13.1 Å². The molecule has 1 aliphatic heterocycles. The standard InChI is InChI=1S/C17H18ClN3O2/c1-3-23-15(22)10-21-14-8-11(2)9-19-16(14)20-17(21)12-4-6-13(18)7-5-12/h4-9,17H,3,10H2,1-2H3,(H,19,20). The number of pyridine rings is 1. The van der Waals surface area contributed by atoms with Crippen molar-refractivity contribution in [3.05, 3.63) is 52.7 Å². The summed E-state index contributed by atoms with van der Waals surface area (Å²) >= 11 is 5.97. The fourth-order valence-corrected chi connectivity index (χ4v) is 2.79. The van der Waals surface area contributed by atoms with Crippen LogP contribution in [0, 0.1) is 6.92 Å². The van der Waals surface area contributed by atoms with Crippen LogP contribution < -0.4 is 10.2 Å². The normalized spacial score (nSPS) is 16.0. The lowest BCUT2D eigenvalue weighted by Gasteiger charge is -2.26. The van der Waals surface area contributed by atoms with Gasteiger partial charge in [0.15, 0.2) is 5.82 Å². The van der Waals surface area contributed by atoms with Gasteiger partial charge in [-0.25, -0.2) is 4.98 Å². The first-order valence-corrected chi connectivity index (χ1v) is 7.87. The van der Waals surface area contributed by atoms with Gasteiger partial charge in [0, 0.05) is 11.2 Å². The van der Waals surface area contributed by atoms with E-state index in [1.165, 1.54) is 0 Å². The van der Waals surface area contributed by atoms with Crippen molar-refractivity contribution in [3.63, 3.8) is 0 Å². The molecule has 0 amide bonds. The van der Waals surface area contributed by atoms with E-state index in [4.69, 9.17) is 16.3 Å². The van der Waals surface area contributed by atoms with Gasteiger partial charge in [0.1, 0.15) is 12.7 Å². The average Bonchev–Trinajstić information content (AvgIpc) is 2.86. The summed E-state index contributed by atoms with van der Waals surface area (Å²) in [6.07, 6.45) is 1.62. The number of fused-ring (bicyclic) bond motifs is 1. The van der Waals surface area contributed by atoms with Crippen LogP contribution in [0.4, 0.5) is 11.5 Å². The summed E-state index contributed by atoms with van der Waals surface area (Å²) in [4.78, 5) is 18.4. The lowest BCUT2D eigenvalue weighted by Crippen LogP contribution is -2.34. The quantitative estimate of drug-likeness (QED) is 0.868. The van der Waals surface area contributed by atoms with E-state index in [0.29, 0.717) is 11.6 Å². The summed E-state index contributed by atoms with van der Waals surface area (Å²) in [5, 5.41) is 4.04. The number of nitrogens with one attached hydrogen (secondary N) is 1. The first-order chi connectivity index (χ1) is 11.1. The van der Waals surface area contributed by atoms with E-state index in [2.05, 4.69) is 10.3 Å². The molecule has 1 N–H and O–H groups in total. The number of aromatic nitrogens is 1. The third-order valence-corrected chi connectivity index (χ3v) is 3.94. The molecule has 2 aromatic rings. The molecule has 0 radical (unpaired) electrons. The predicted molar refractivity (Wildman–Crippen MR) is 90.8 cm³/mol. The largest absolute Gasteiger partial charge is 0.465 e. The van der Waals surface area contributed by atoms with Crippen LogP contribution in [0.25, 0.3) is 0 Å². The van der Waals surface area contributed by atoms with Gasteiger partial charge in [0.05, 0.1) is 12.3 Å². The third kappa shape index (κ3) is 3.24. The first-order valence-electron chi connectivity index (χ1n) is 7.49. The van der Waals surface area contributed by atoms with Crippen molar-refractivity contribution >= 4 is 29.1 Å². The Hall–Kier alpha value is -2.27. The summed E-state index contributed by atoms with van der Waals surface area (Å²) in [5.74, 6) is 0.502. The number of carbonyl (C=O) groups is 1. The third-order valence-electron chi connectivity index (χ3n) is 3.69. The molecule has 1 aromatic heterocycles. The Labute approximate surface area is 140 Å². The summed E-state index contributed by atoms with van der Waals surface area (Å²) in [6, 6.07) is 9.57. The average molecular weight is 332 g/mol. The molecule has 3 rings (SSSR count). The van der Waals surface area contributed by atoms with Gasteiger partial charge in [-0.2, -0.15) is 0 Å². The van der Waals surface area contributed by atoms with Crippen LogP contribution in [0.2, 0.25) is 5.02 Å². The molecule has 2 heterocycles. The van der Waals surface area contributed by atoms with E-state index >= 15 is 0 Å². The lowest BCUT2D eigenvalue weighted by molar-refractivity contribution is -0.141. The smallest absolute Gasteiger partial charge is 0.325 e. The fourth-order valence-electron chi connectivity index (χ4n) is 2.66. The Morgan fingerprint density at radius 3 is 2.83 bits per heavy atom. The number of aryl methyl sites for hydroxylation is 1. The first kappa shape index (κ1) is 15.6. The molecule has 1 atom stereocenters. The van der Waals surface area contributed by atoms with Crippen LogP contribution in [0.15, 0.2) is 36.5 Å². The van der Waals surface area contributed by atoms with Gasteiger partial charge < -0.3 is 15.0 Å². The molecular weight excluding hydrogens is 314 g/mol. The van der Waals surface area contributed by atoms with Gasteiger partial charge in [0.25, 0.3) is 0 Å². The number of ether oxygens (including phenoxy) is 1. The van der Waals surface area contributed by atoms with Gasteiger partial charge >= 0.3 is 5.97 Å². The molecule has 120 valence electrons. The number of nitrogens with zero attached hydrogens (tertiary/aromatic N) is 2. The number of halogens is 1. The number of anilines is 2. The number of carbonyl (C=O) groups excluding carboxylic acids is 1. The minimum atomic E-state index is -0.261. The maximum absolute atomic E-state index is 12.0. The molecule has 0 saturated heterocycles. The molecular formula is C17H18ClN3O2. The van der Waals surface area contributed by atoms with Crippen molar-refractivity contribution in [1.82, 2.24) is 4.98 Å². The zero-order chi connectivity index (χ0) is 16.4. The van der Waals surface area contributed by atoms with Crippen LogP contribution in [-0.2, 0) is 9.53 Å². The minimum Gasteiger partial charge on any atom is -0.465 e. The second-order valence-corrected chi connectivity index (χ2v) is 5.85. The Morgan fingerprint density at radius 1 is 1.39 bits per heavy atom. The topological polar surface area (TPSA) is 54.5 Å². The second kappa shape index (κ2) is 6.46. The van der Waals surface area contributed by atoms with E-state index in [1.807, 2.05) is 42.2 Å². The van der Waals surface area contributed by atoms with Gasteiger partial charge in [-0.1, -0.05) is 23.7 Å². The Bertz CT molecular complexity index is 718. The van der Waals surface area contributed by atoms with Gasteiger partial charge in [0.2, 0.25) is 0 Å². The Balaban J connectivity index is 1.95. The number of hydrogen-bond acceptors (Lipinski definition) is 5. The molecule has 0 bridgehead atoms. The lowest BCUT2D eigenvalue weighted by atomic mass is 10.1. The maximum atomic E-state index is 12.0. The van der Waals surface area contributed by atoms with E-state index in [0.717, 1.165) is 22.6 Å². The number of esters is 1. The number of benzene rings is 1. The van der Waals surface area contributed by atoms with Crippen LogP contribution in [-0.4, -0.2) is 24.1 Å². The van der Waals surface area contributed by atoms with Crippen LogP contribution >= 0.6 is 11.6 Å². The Kier molecular flexibility index (Phi) is 4.39. The van der Waals surface area contributed by atoms with E-state index in [9.17, 15) is 4.79 Å². The van der Waals surface area contributed by atoms with Gasteiger partial charge in [-0.05, 0) is 43.2 Å².